The monoisotopic (exact) mass is 420 g/mol. The second-order valence-corrected chi connectivity index (χ2v) is 8.73. The molecule has 0 atom stereocenters. The summed E-state index contributed by atoms with van der Waals surface area (Å²) in [5.74, 6) is -0.664. The Kier molecular flexibility index (Phi) is 6.23. The van der Waals surface area contributed by atoms with E-state index in [2.05, 4.69) is 39.9 Å². The largest absolute Gasteiger partial charge is 0.481 e. The van der Waals surface area contributed by atoms with Gasteiger partial charge in [-0.3, -0.25) is 14.6 Å². The number of hydrogen-bond donors (Lipinski definition) is 2. The van der Waals surface area contributed by atoms with Crippen LogP contribution in [0, 0.1) is 11.8 Å². The second-order valence-electron chi connectivity index (χ2n) is 7.82. The highest BCUT2D eigenvalue weighted by Crippen LogP contribution is 2.33. The van der Waals surface area contributed by atoms with E-state index in [9.17, 15) is 9.59 Å². The van der Waals surface area contributed by atoms with Crippen LogP contribution >= 0.6 is 11.3 Å². The highest BCUT2D eigenvalue weighted by atomic mass is 32.1. The molecule has 5 nitrogen and oxygen atoms in total. The molecular formula is C24H24N2O3S. The van der Waals surface area contributed by atoms with E-state index in [-0.39, 0.29) is 17.7 Å². The molecule has 1 aliphatic rings. The van der Waals surface area contributed by atoms with Crippen LogP contribution in [0.25, 0.3) is 22.3 Å². The van der Waals surface area contributed by atoms with Crippen LogP contribution in [-0.2, 0) is 9.59 Å². The Hall–Kier alpha value is -2.99. The van der Waals surface area contributed by atoms with Gasteiger partial charge in [-0.15, -0.1) is 11.3 Å². The summed E-state index contributed by atoms with van der Waals surface area (Å²) in [4.78, 5) is 27.5. The molecule has 1 saturated carbocycles. The van der Waals surface area contributed by atoms with Crippen LogP contribution in [0.1, 0.15) is 32.1 Å². The van der Waals surface area contributed by atoms with Crippen LogP contribution in [0.4, 0.5) is 5.00 Å². The first-order valence-electron chi connectivity index (χ1n) is 10.2. The summed E-state index contributed by atoms with van der Waals surface area (Å²) in [7, 11) is 0. The maximum absolute atomic E-state index is 12.4. The Morgan fingerprint density at radius 3 is 2.17 bits per heavy atom. The first-order chi connectivity index (χ1) is 14.6. The number of carboxylic acids is 1. The molecule has 0 aliphatic heterocycles. The standard InChI is InChI=1S/C24H24N2O3S/c27-22(13-16-1-3-20(4-2-16)24(28)29)26-23-14-21(15-30-23)18-7-5-17(6-8-18)19-9-11-25-12-10-19/h5-12,14-16,20H,1-4,13H2,(H,26,27)(H,28,29). The minimum atomic E-state index is -0.710. The Bertz CT molecular complexity index is 1010. The van der Waals surface area contributed by atoms with Gasteiger partial charge < -0.3 is 10.4 Å². The number of carboxylic acid groups (broad SMARTS) is 1. The number of hydrogen-bond acceptors (Lipinski definition) is 4. The minimum Gasteiger partial charge on any atom is -0.481 e. The van der Waals surface area contributed by atoms with E-state index in [1.807, 2.05) is 18.2 Å². The zero-order valence-electron chi connectivity index (χ0n) is 16.6. The van der Waals surface area contributed by atoms with E-state index in [1.165, 1.54) is 11.3 Å². The zero-order chi connectivity index (χ0) is 20.9. The summed E-state index contributed by atoms with van der Waals surface area (Å²) in [5.41, 5.74) is 4.46. The fourth-order valence-electron chi connectivity index (χ4n) is 4.02. The molecule has 0 spiro atoms. The van der Waals surface area contributed by atoms with Gasteiger partial charge in [-0.1, -0.05) is 24.3 Å². The van der Waals surface area contributed by atoms with E-state index in [0.717, 1.165) is 40.1 Å². The molecule has 0 bridgehead atoms. The fraction of sp³-hybridized carbons (Fsp3) is 0.292. The van der Waals surface area contributed by atoms with Crippen LogP contribution in [0.15, 0.2) is 60.2 Å². The van der Waals surface area contributed by atoms with E-state index < -0.39 is 5.97 Å². The van der Waals surface area contributed by atoms with Crippen molar-refractivity contribution in [1.29, 1.82) is 0 Å². The maximum Gasteiger partial charge on any atom is 0.306 e. The lowest BCUT2D eigenvalue weighted by molar-refractivity contribution is -0.143. The number of anilines is 1. The molecule has 1 aromatic carbocycles. The first kappa shape index (κ1) is 20.3. The van der Waals surface area contributed by atoms with E-state index in [0.29, 0.717) is 19.3 Å². The van der Waals surface area contributed by atoms with Crippen LogP contribution in [-0.4, -0.2) is 22.0 Å². The molecule has 154 valence electrons. The first-order valence-corrected chi connectivity index (χ1v) is 11.1. The molecule has 0 radical (unpaired) electrons. The molecule has 2 heterocycles. The van der Waals surface area contributed by atoms with Gasteiger partial charge in [0, 0.05) is 24.2 Å². The number of benzene rings is 1. The molecule has 1 aliphatic carbocycles. The Morgan fingerprint density at radius 2 is 1.53 bits per heavy atom. The normalized spacial score (nSPS) is 18.7. The number of thiophene rings is 1. The topological polar surface area (TPSA) is 79.3 Å². The van der Waals surface area contributed by atoms with Gasteiger partial charge in [0.1, 0.15) is 0 Å². The molecule has 1 amide bonds. The third-order valence-electron chi connectivity index (χ3n) is 5.76. The number of aliphatic carboxylic acids is 1. The predicted molar refractivity (Wildman–Crippen MR) is 119 cm³/mol. The summed E-state index contributed by atoms with van der Waals surface area (Å²) in [6, 6.07) is 14.3. The van der Waals surface area contributed by atoms with Crippen molar-refractivity contribution in [2.45, 2.75) is 32.1 Å². The molecule has 2 N–H and O–H groups in total. The number of aromatic nitrogens is 1. The summed E-state index contributed by atoms with van der Waals surface area (Å²) >= 11 is 1.52. The second kappa shape index (κ2) is 9.22. The van der Waals surface area contributed by atoms with Gasteiger partial charge in [0.2, 0.25) is 5.91 Å². The van der Waals surface area contributed by atoms with Crippen molar-refractivity contribution in [3.63, 3.8) is 0 Å². The van der Waals surface area contributed by atoms with E-state index in [1.54, 1.807) is 12.4 Å². The molecule has 2 aromatic heterocycles. The van der Waals surface area contributed by atoms with Gasteiger partial charge in [0.05, 0.1) is 10.9 Å². The molecule has 1 fully saturated rings. The molecular weight excluding hydrogens is 396 g/mol. The lowest BCUT2D eigenvalue weighted by Crippen LogP contribution is -2.24. The van der Waals surface area contributed by atoms with Gasteiger partial charge in [0.15, 0.2) is 0 Å². The van der Waals surface area contributed by atoms with E-state index in [4.69, 9.17) is 5.11 Å². The average Bonchev–Trinajstić information content (AvgIpc) is 3.23. The Balaban J connectivity index is 1.33. The third-order valence-corrected chi connectivity index (χ3v) is 6.61. The van der Waals surface area contributed by atoms with Crippen LogP contribution in [0.3, 0.4) is 0 Å². The number of pyridine rings is 1. The number of amides is 1. The summed E-state index contributed by atoms with van der Waals surface area (Å²) in [6.07, 6.45) is 7.00. The lowest BCUT2D eigenvalue weighted by Gasteiger charge is -2.25. The number of carbonyl (C=O) groups is 2. The molecule has 4 rings (SSSR count). The summed E-state index contributed by atoms with van der Waals surface area (Å²) < 4.78 is 0. The fourth-order valence-corrected chi connectivity index (χ4v) is 4.84. The van der Waals surface area contributed by atoms with Crippen molar-refractivity contribution in [2.75, 3.05) is 5.32 Å². The van der Waals surface area contributed by atoms with Gasteiger partial charge in [-0.2, -0.15) is 0 Å². The van der Waals surface area contributed by atoms with Crippen molar-refractivity contribution in [2.24, 2.45) is 11.8 Å². The van der Waals surface area contributed by atoms with Crippen LogP contribution in [0.5, 0.6) is 0 Å². The van der Waals surface area contributed by atoms with Gasteiger partial charge in [-0.25, -0.2) is 0 Å². The van der Waals surface area contributed by atoms with Gasteiger partial charge in [-0.05, 0) is 72.1 Å². The van der Waals surface area contributed by atoms with Gasteiger partial charge >= 0.3 is 5.97 Å². The number of carbonyl (C=O) groups excluding carboxylic acids is 1. The average molecular weight is 421 g/mol. The van der Waals surface area contributed by atoms with Crippen LogP contribution in [0.2, 0.25) is 0 Å². The summed E-state index contributed by atoms with van der Waals surface area (Å²) in [6.45, 7) is 0. The lowest BCUT2D eigenvalue weighted by atomic mass is 9.80. The molecule has 3 aromatic rings. The number of rotatable bonds is 6. The Morgan fingerprint density at radius 1 is 0.933 bits per heavy atom. The van der Waals surface area contributed by atoms with Crippen molar-refractivity contribution < 1.29 is 14.7 Å². The number of nitrogens with one attached hydrogen (secondary N) is 1. The zero-order valence-corrected chi connectivity index (χ0v) is 17.4. The van der Waals surface area contributed by atoms with Crippen LogP contribution < -0.4 is 5.32 Å². The molecule has 0 saturated heterocycles. The Labute approximate surface area is 179 Å². The predicted octanol–water partition coefficient (Wildman–Crippen LogP) is 5.70. The smallest absolute Gasteiger partial charge is 0.306 e. The highest BCUT2D eigenvalue weighted by molar-refractivity contribution is 7.14. The quantitative estimate of drug-likeness (QED) is 0.536. The SMILES string of the molecule is O=C(CC1CCC(C(=O)O)CC1)Nc1cc(-c2ccc(-c3ccncc3)cc2)cs1. The maximum atomic E-state index is 12.4. The highest BCUT2D eigenvalue weighted by Gasteiger charge is 2.27. The molecule has 30 heavy (non-hydrogen) atoms. The van der Waals surface area contributed by atoms with Crippen molar-refractivity contribution >= 4 is 28.2 Å². The van der Waals surface area contributed by atoms with Crippen molar-refractivity contribution in [3.05, 3.63) is 60.2 Å². The van der Waals surface area contributed by atoms with Gasteiger partial charge in [0.25, 0.3) is 0 Å². The van der Waals surface area contributed by atoms with Crippen molar-refractivity contribution in [3.8, 4) is 22.3 Å². The van der Waals surface area contributed by atoms with E-state index >= 15 is 0 Å². The molecule has 6 heteroatoms. The number of nitrogens with zero attached hydrogens (tertiary/aromatic N) is 1. The third kappa shape index (κ3) is 4.94. The van der Waals surface area contributed by atoms with Crippen molar-refractivity contribution in [1.82, 2.24) is 4.98 Å². The minimum absolute atomic E-state index is 0.00945. The molecule has 0 unspecified atom stereocenters. The summed E-state index contributed by atoms with van der Waals surface area (Å²) in [5, 5.41) is 15.0.